The molecule has 1 amide bonds. The van der Waals surface area contributed by atoms with E-state index in [-0.39, 0.29) is 24.4 Å². The molecule has 25 heavy (non-hydrogen) atoms. The number of benzene rings is 1. The van der Waals surface area contributed by atoms with Crippen LogP contribution >= 0.6 is 22.9 Å². The summed E-state index contributed by atoms with van der Waals surface area (Å²) in [4.78, 5) is 14.8. The zero-order valence-corrected chi connectivity index (χ0v) is 15.5. The third-order valence-corrected chi connectivity index (χ3v) is 4.84. The highest BCUT2D eigenvalue weighted by atomic mass is 35.5. The molecule has 0 radical (unpaired) electrons. The van der Waals surface area contributed by atoms with Crippen molar-refractivity contribution in [2.24, 2.45) is 5.92 Å². The minimum Gasteiger partial charge on any atom is -0.347 e. The maximum absolute atomic E-state index is 12.4. The number of carbonyl (C=O) groups excluding carboxylic acids is 1. The number of tetrazole rings is 1. The van der Waals surface area contributed by atoms with Crippen molar-refractivity contribution in [2.75, 3.05) is 0 Å². The fraction of sp³-hybridized carbons (Fsp3) is 0.294. The molecule has 0 spiro atoms. The Hall–Kier alpha value is -2.25. The number of carbonyl (C=O) groups is 1. The summed E-state index contributed by atoms with van der Waals surface area (Å²) in [7, 11) is 0. The lowest BCUT2D eigenvalue weighted by Gasteiger charge is -2.21. The molecule has 2 heterocycles. The molecule has 1 unspecified atom stereocenters. The molecule has 8 heteroatoms. The number of thiophene rings is 1. The van der Waals surface area contributed by atoms with Gasteiger partial charge in [0.05, 0.1) is 6.04 Å². The fourth-order valence-corrected chi connectivity index (χ4v) is 3.57. The van der Waals surface area contributed by atoms with Crippen LogP contribution in [0.2, 0.25) is 5.02 Å². The van der Waals surface area contributed by atoms with Crippen LogP contribution in [0.4, 0.5) is 0 Å². The lowest BCUT2D eigenvalue weighted by molar-refractivity contribution is -0.123. The Morgan fingerprint density at radius 3 is 2.84 bits per heavy atom. The van der Waals surface area contributed by atoms with E-state index in [9.17, 15) is 4.79 Å². The van der Waals surface area contributed by atoms with Gasteiger partial charge >= 0.3 is 0 Å². The van der Waals surface area contributed by atoms with Crippen molar-refractivity contribution in [2.45, 2.75) is 26.4 Å². The number of nitrogens with zero attached hydrogens (tertiary/aromatic N) is 4. The molecule has 0 saturated heterocycles. The molecular weight excluding hydrogens is 358 g/mol. The van der Waals surface area contributed by atoms with Gasteiger partial charge in [-0.1, -0.05) is 43.6 Å². The van der Waals surface area contributed by atoms with Gasteiger partial charge in [0.15, 0.2) is 0 Å². The SMILES string of the molecule is CC(C)C(NC(=O)Cn1nnc(-c2cccc(Cl)c2)n1)c1cccs1. The quantitative estimate of drug-likeness (QED) is 0.714. The summed E-state index contributed by atoms with van der Waals surface area (Å²) in [5, 5.41) is 17.8. The first-order valence-corrected chi connectivity index (χ1v) is 9.15. The first kappa shape index (κ1) is 17.6. The van der Waals surface area contributed by atoms with Gasteiger partial charge in [-0.25, -0.2) is 0 Å². The lowest BCUT2D eigenvalue weighted by atomic mass is 10.0. The molecule has 130 valence electrons. The predicted molar refractivity (Wildman–Crippen MR) is 98.3 cm³/mol. The van der Waals surface area contributed by atoms with Gasteiger partial charge in [-0.05, 0) is 34.7 Å². The number of halogens is 1. The van der Waals surface area contributed by atoms with Crippen molar-refractivity contribution in [3.63, 3.8) is 0 Å². The average Bonchev–Trinajstić information content (AvgIpc) is 3.24. The number of rotatable bonds is 6. The smallest absolute Gasteiger partial charge is 0.244 e. The fourth-order valence-electron chi connectivity index (χ4n) is 2.44. The van der Waals surface area contributed by atoms with E-state index in [2.05, 4.69) is 34.6 Å². The predicted octanol–water partition coefficient (Wildman–Crippen LogP) is 3.57. The van der Waals surface area contributed by atoms with Crippen LogP contribution in [0.5, 0.6) is 0 Å². The Kier molecular flexibility index (Phi) is 5.45. The maximum atomic E-state index is 12.4. The van der Waals surface area contributed by atoms with E-state index in [1.807, 2.05) is 29.6 Å². The molecule has 3 aromatic rings. The summed E-state index contributed by atoms with van der Waals surface area (Å²) in [5.41, 5.74) is 0.762. The summed E-state index contributed by atoms with van der Waals surface area (Å²) in [6.45, 7) is 4.17. The van der Waals surface area contributed by atoms with E-state index in [0.717, 1.165) is 10.4 Å². The molecule has 0 bridgehead atoms. The van der Waals surface area contributed by atoms with E-state index in [4.69, 9.17) is 11.6 Å². The second kappa shape index (κ2) is 7.76. The van der Waals surface area contributed by atoms with Gasteiger partial charge in [0.25, 0.3) is 0 Å². The maximum Gasteiger partial charge on any atom is 0.244 e. The molecule has 0 aliphatic heterocycles. The summed E-state index contributed by atoms with van der Waals surface area (Å²) >= 11 is 7.61. The Morgan fingerprint density at radius 2 is 2.16 bits per heavy atom. The van der Waals surface area contributed by atoms with E-state index in [0.29, 0.717) is 10.8 Å². The van der Waals surface area contributed by atoms with Gasteiger partial charge in [0.1, 0.15) is 6.54 Å². The number of nitrogens with one attached hydrogen (secondary N) is 1. The highest BCUT2D eigenvalue weighted by Crippen LogP contribution is 2.25. The lowest BCUT2D eigenvalue weighted by Crippen LogP contribution is -2.34. The van der Waals surface area contributed by atoms with Gasteiger partial charge in [-0.15, -0.1) is 21.5 Å². The van der Waals surface area contributed by atoms with Gasteiger partial charge in [0.2, 0.25) is 11.7 Å². The standard InChI is InChI=1S/C17H18ClN5OS/c1-11(2)16(14-7-4-8-25-14)19-15(24)10-23-21-17(20-22-23)12-5-3-6-13(18)9-12/h3-9,11,16H,10H2,1-2H3,(H,19,24). The van der Waals surface area contributed by atoms with Gasteiger partial charge in [0, 0.05) is 15.5 Å². The van der Waals surface area contributed by atoms with Crippen LogP contribution in [-0.2, 0) is 11.3 Å². The zero-order valence-electron chi connectivity index (χ0n) is 13.9. The molecule has 1 aromatic carbocycles. The van der Waals surface area contributed by atoms with Crippen LogP contribution in [0.1, 0.15) is 24.8 Å². The zero-order chi connectivity index (χ0) is 17.8. The van der Waals surface area contributed by atoms with Crippen molar-refractivity contribution < 1.29 is 4.79 Å². The first-order valence-electron chi connectivity index (χ1n) is 7.89. The molecule has 2 aromatic heterocycles. The largest absolute Gasteiger partial charge is 0.347 e. The van der Waals surface area contributed by atoms with Gasteiger partial charge in [-0.2, -0.15) is 4.80 Å². The number of aromatic nitrogens is 4. The van der Waals surface area contributed by atoms with Gasteiger partial charge in [-0.3, -0.25) is 4.79 Å². The van der Waals surface area contributed by atoms with Crippen molar-refractivity contribution in [3.05, 3.63) is 51.7 Å². The van der Waals surface area contributed by atoms with E-state index in [1.165, 1.54) is 4.80 Å². The average molecular weight is 376 g/mol. The molecule has 3 rings (SSSR count). The third-order valence-electron chi connectivity index (χ3n) is 3.65. The molecule has 6 nitrogen and oxygen atoms in total. The van der Waals surface area contributed by atoms with Crippen molar-refractivity contribution in [1.29, 1.82) is 0 Å². The van der Waals surface area contributed by atoms with Crippen molar-refractivity contribution >= 4 is 28.8 Å². The number of amides is 1. The van der Waals surface area contributed by atoms with Crippen LogP contribution in [0.3, 0.4) is 0 Å². The summed E-state index contributed by atoms with van der Waals surface area (Å²) < 4.78 is 0. The van der Waals surface area contributed by atoms with Crippen LogP contribution in [0.15, 0.2) is 41.8 Å². The van der Waals surface area contributed by atoms with Crippen LogP contribution in [0.25, 0.3) is 11.4 Å². The highest BCUT2D eigenvalue weighted by Gasteiger charge is 2.20. The number of hydrogen-bond acceptors (Lipinski definition) is 5. The van der Waals surface area contributed by atoms with E-state index >= 15 is 0 Å². The van der Waals surface area contributed by atoms with E-state index in [1.54, 1.807) is 23.5 Å². The summed E-state index contributed by atoms with van der Waals surface area (Å²) in [6.07, 6.45) is 0. The Balaban J connectivity index is 1.67. The normalized spacial score (nSPS) is 12.3. The number of hydrogen-bond donors (Lipinski definition) is 1. The monoisotopic (exact) mass is 375 g/mol. The Morgan fingerprint density at radius 1 is 1.32 bits per heavy atom. The van der Waals surface area contributed by atoms with E-state index < -0.39 is 0 Å². The summed E-state index contributed by atoms with van der Waals surface area (Å²) in [6, 6.07) is 11.2. The van der Waals surface area contributed by atoms with Crippen LogP contribution in [-0.4, -0.2) is 26.1 Å². The highest BCUT2D eigenvalue weighted by molar-refractivity contribution is 7.10. The van der Waals surface area contributed by atoms with Crippen LogP contribution < -0.4 is 5.32 Å². The third kappa shape index (κ3) is 4.43. The molecular formula is C17H18ClN5OS. The minimum absolute atomic E-state index is 0.0160. The van der Waals surface area contributed by atoms with Crippen LogP contribution in [0, 0.1) is 5.92 Å². The Bertz CT molecular complexity index is 846. The Labute approximate surface area is 154 Å². The molecule has 1 N–H and O–H groups in total. The molecule has 0 fully saturated rings. The minimum atomic E-state index is -0.151. The second-order valence-corrected chi connectivity index (χ2v) is 7.37. The molecule has 0 aliphatic carbocycles. The molecule has 1 atom stereocenters. The molecule has 0 saturated carbocycles. The van der Waals surface area contributed by atoms with Crippen molar-refractivity contribution in [1.82, 2.24) is 25.5 Å². The first-order chi connectivity index (χ1) is 12.0. The van der Waals surface area contributed by atoms with Crippen molar-refractivity contribution in [3.8, 4) is 11.4 Å². The topological polar surface area (TPSA) is 72.7 Å². The molecule has 0 aliphatic rings. The van der Waals surface area contributed by atoms with Gasteiger partial charge < -0.3 is 5.32 Å². The second-order valence-electron chi connectivity index (χ2n) is 5.96. The summed E-state index contributed by atoms with van der Waals surface area (Å²) in [5.74, 6) is 0.574.